The Bertz CT molecular complexity index is 622. The lowest BCUT2D eigenvalue weighted by Gasteiger charge is -2.08. The predicted octanol–water partition coefficient (Wildman–Crippen LogP) is 1.87. The van der Waals surface area contributed by atoms with Gasteiger partial charge < -0.3 is 15.2 Å². The van der Waals surface area contributed by atoms with Gasteiger partial charge in [0.15, 0.2) is 5.82 Å². The van der Waals surface area contributed by atoms with Crippen molar-refractivity contribution in [3.63, 3.8) is 0 Å². The zero-order chi connectivity index (χ0) is 13.7. The molecule has 1 aromatic heterocycles. The fourth-order valence-corrected chi connectivity index (χ4v) is 1.50. The first-order chi connectivity index (χ1) is 9.22. The van der Waals surface area contributed by atoms with Crippen molar-refractivity contribution in [2.45, 2.75) is 6.61 Å². The molecule has 1 aromatic carbocycles. The zero-order valence-corrected chi connectivity index (χ0v) is 10.3. The monoisotopic (exact) mass is 256 g/mol. The molecule has 2 rings (SSSR count). The minimum atomic E-state index is 0.237. The average molecular weight is 256 g/mol. The highest BCUT2D eigenvalue weighted by Crippen LogP contribution is 2.24. The topological polar surface area (TPSA) is 94.0 Å². The van der Waals surface area contributed by atoms with Crippen LogP contribution >= 0.6 is 0 Å². The highest BCUT2D eigenvalue weighted by molar-refractivity contribution is 5.45. The van der Waals surface area contributed by atoms with Gasteiger partial charge in [0.2, 0.25) is 5.88 Å². The first-order valence-electron chi connectivity index (χ1n) is 5.52. The van der Waals surface area contributed by atoms with Crippen molar-refractivity contribution >= 4 is 5.82 Å². The van der Waals surface area contributed by atoms with Crippen molar-refractivity contribution in [2.75, 3.05) is 12.8 Å². The molecule has 1 heterocycles. The predicted molar refractivity (Wildman–Crippen MR) is 68.4 cm³/mol. The molecule has 0 radical (unpaired) electrons. The molecule has 6 heteroatoms. The van der Waals surface area contributed by atoms with Gasteiger partial charge in [0.05, 0.1) is 5.56 Å². The molecular formula is C13H12N4O2. The molecule has 0 spiro atoms. The number of benzene rings is 1. The van der Waals surface area contributed by atoms with Crippen LogP contribution in [0.2, 0.25) is 0 Å². The fraction of sp³-hybridized carbons (Fsp3) is 0.154. The number of hydrogen-bond donors (Lipinski definition) is 1. The van der Waals surface area contributed by atoms with Gasteiger partial charge in [0.25, 0.3) is 0 Å². The molecule has 96 valence electrons. The largest absolute Gasteiger partial charge is 0.437 e. The van der Waals surface area contributed by atoms with Crippen molar-refractivity contribution in [1.82, 2.24) is 9.97 Å². The van der Waals surface area contributed by atoms with Crippen LogP contribution in [-0.2, 0) is 11.3 Å². The second-order valence-corrected chi connectivity index (χ2v) is 3.69. The Morgan fingerprint density at radius 1 is 1.32 bits per heavy atom. The molecule has 0 atom stereocenters. The summed E-state index contributed by atoms with van der Waals surface area (Å²) in [4.78, 5) is 8.15. The van der Waals surface area contributed by atoms with E-state index >= 15 is 0 Å². The van der Waals surface area contributed by atoms with Crippen molar-refractivity contribution in [2.24, 2.45) is 0 Å². The minimum absolute atomic E-state index is 0.237. The Kier molecular flexibility index (Phi) is 3.90. The maximum atomic E-state index is 8.98. The van der Waals surface area contributed by atoms with E-state index in [9.17, 15) is 0 Å². The zero-order valence-electron chi connectivity index (χ0n) is 10.3. The van der Waals surface area contributed by atoms with E-state index in [1.807, 2.05) is 6.07 Å². The van der Waals surface area contributed by atoms with E-state index in [4.69, 9.17) is 20.5 Å². The van der Waals surface area contributed by atoms with Crippen LogP contribution in [0, 0.1) is 11.3 Å². The van der Waals surface area contributed by atoms with E-state index in [1.165, 1.54) is 13.2 Å². The van der Waals surface area contributed by atoms with Crippen molar-refractivity contribution in [3.8, 4) is 17.7 Å². The number of nitrogens with two attached hydrogens (primary N) is 1. The van der Waals surface area contributed by atoms with Crippen molar-refractivity contribution in [3.05, 3.63) is 41.7 Å². The molecule has 0 unspecified atom stereocenters. The molecule has 0 aliphatic heterocycles. The number of nitrogens with zero attached hydrogens (tertiary/aromatic N) is 3. The lowest BCUT2D eigenvalue weighted by atomic mass is 10.2. The van der Waals surface area contributed by atoms with Crippen LogP contribution < -0.4 is 10.5 Å². The molecule has 0 saturated carbocycles. The molecule has 0 saturated heterocycles. The molecule has 0 aliphatic rings. The molecule has 19 heavy (non-hydrogen) atoms. The van der Waals surface area contributed by atoms with Crippen LogP contribution in [0.15, 0.2) is 30.3 Å². The van der Waals surface area contributed by atoms with Gasteiger partial charge in [-0.05, 0) is 12.1 Å². The minimum Gasteiger partial charge on any atom is -0.437 e. The van der Waals surface area contributed by atoms with Crippen LogP contribution in [0.5, 0.6) is 11.6 Å². The van der Waals surface area contributed by atoms with Crippen LogP contribution in [0.1, 0.15) is 11.4 Å². The smallest absolute Gasteiger partial charge is 0.224 e. The Morgan fingerprint density at radius 3 is 2.84 bits per heavy atom. The quantitative estimate of drug-likeness (QED) is 0.897. The van der Waals surface area contributed by atoms with E-state index < -0.39 is 0 Å². The second kappa shape index (κ2) is 5.80. The van der Waals surface area contributed by atoms with E-state index in [0.717, 1.165) is 0 Å². The number of rotatable bonds is 4. The fourth-order valence-electron chi connectivity index (χ4n) is 1.50. The Balaban J connectivity index is 2.30. The number of nitrogen functional groups attached to an aromatic ring is 1. The van der Waals surface area contributed by atoms with Crippen molar-refractivity contribution in [1.29, 1.82) is 5.26 Å². The summed E-state index contributed by atoms with van der Waals surface area (Å²) in [6.07, 6.45) is 0. The van der Waals surface area contributed by atoms with Gasteiger partial charge in [-0.2, -0.15) is 10.2 Å². The summed E-state index contributed by atoms with van der Waals surface area (Å²) in [6, 6.07) is 10.4. The molecule has 0 amide bonds. The summed E-state index contributed by atoms with van der Waals surface area (Å²) in [5.74, 6) is 1.41. The summed E-state index contributed by atoms with van der Waals surface area (Å²) in [7, 11) is 1.54. The molecule has 2 aromatic rings. The summed E-state index contributed by atoms with van der Waals surface area (Å²) in [5, 5.41) is 8.98. The van der Waals surface area contributed by atoms with E-state index in [2.05, 4.69) is 9.97 Å². The maximum Gasteiger partial charge on any atom is 0.224 e. The third-order valence-electron chi connectivity index (χ3n) is 2.26. The normalized spacial score (nSPS) is 9.89. The Labute approximate surface area is 110 Å². The maximum absolute atomic E-state index is 8.98. The molecular weight excluding hydrogens is 244 g/mol. The number of methoxy groups -OCH3 is 1. The Hall–Kier alpha value is -2.65. The third-order valence-corrected chi connectivity index (χ3v) is 2.26. The number of nitriles is 1. The standard InChI is InChI=1S/C13H12N4O2/c1-18-8-12-16-11(15)6-13(17-12)19-10-5-3-2-4-9(10)7-14/h2-6H,8H2,1H3,(H2,15,16,17). The number of hydrogen-bond acceptors (Lipinski definition) is 6. The van der Waals surface area contributed by atoms with Crippen LogP contribution in [0.3, 0.4) is 0 Å². The molecule has 2 N–H and O–H groups in total. The van der Waals surface area contributed by atoms with Gasteiger partial charge in [-0.3, -0.25) is 0 Å². The molecule has 0 fully saturated rings. The molecule has 6 nitrogen and oxygen atoms in total. The van der Waals surface area contributed by atoms with Gasteiger partial charge in [-0.1, -0.05) is 12.1 Å². The summed E-state index contributed by atoms with van der Waals surface area (Å²) in [5.41, 5.74) is 6.09. The third kappa shape index (κ3) is 3.18. The van der Waals surface area contributed by atoms with Gasteiger partial charge in [0.1, 0.15) is 24.2 Å². The van der Waals surface area contributed by atoms with Gasteiger partial charge in [-0.15, -0.1) is 0 Å². The highest BCUT2D eigenvalue weighted by Gasteiger charge is 2.07. The SMILES string of the molecule is COCc1nc(N)cc(Oc2ccccc2C#N)n1. The number of anilines is 1. The lowest BCUT2D eigenvalue weighted by molar-refractivity contribution is 0.177. The summed E-state index contributed by atoms with van der Waals surface area (Å²) in [6.45, 7) is 0.237. The number of para-hydroxylation sites is 1. The van der Waals surface area contributed by atoms with Gasteiger partial charge in [-0.25, -0.2) is 4.98 Å². The first-order valence-corrected chi connectivity index (χ1v) is 5.52. The second-order valence-electron chi connectivity index (χ2n) is 3.69. The number of ether oxygens (including phenoxy) is 2. The Morgan fingerprint density at radius 2 is 2.11 bits per heavy atom. The first kappa shape index (κ1) is 12.8. The molecule has 0 bridgehead atoms. The van der Waals surface area contributed by atoms with Gasteiger partial charge in [0, 0.05) is 13.2 Å². The molecule has 0 aliphatic carbocycles. The van der Waals surface area contributed by atoms with Crippen LogP contribution in [-0.4, -0.2) is 17.1 Å². The summed E-state index contributed by atoms with van der Waals surface area (Å²) >= 11 is 0. The number of aromatic nitrogens is 2. The van der Waals surface area contributed by atoms with Crippen LogP contribution in [0.25, 0.3) is 0 Å². The lowest BCUT2D eigenvalue weighted by Crippen LogP contribution is -2.02. The summed E-state index contributed by atoms with van der Waals surface area (Å²) < 4.78 is 10.5. The van der Waals surface area contributed by atoms with Gasteiger partial charge >= 0.3 is 0 Å². The van der Waals surface area contributed by atoms with E-state index in [1.54, 1.807) is 24.3 Å². The highest BCUT2D eigenvalue weighted by atomic mass is 16.5. The van der Waals surface area contributed by atoms with Crippen LogP contribution in [0.4, 0.5) is 5.82 Å². The van der Waals surface area contributed by atoms with Crippen molar-refractivity contribution < 1.29 is 9.47 Å². The average Bonchev–Trinajstić information content (AvgIpc) is 2.39. The van der Waals surface area contributed by atoms with E-state index in [-0.39, 0.29) is 18.3 Å². The van der Waals surface area contributed by atoms with E-state index in [0.29, 0.717) is 17.1 Å².